The first-order valence-corrected chi connectivity index (χ1v) is 11.9. The minimum atomic E-state index is -4.26. The summed E-state index contributed by atoms with van der Waals surface area (Å²) in [5.41, 5.74) is 1.94. The Bertz CT molecular complexity index is 1410. The molecule has 3 heterocycles. The average molecular weight is 468 g/mol. The highest BCUT2D eigenvalue weighted by atomic mass is 32.2. The molecule has 1 unspecified atom stereocenters. The van der Waals surface area contributed by atoms with Gasteiger partial charge in [-0.05, 0) is 43.3 Å². The number of rotatable bonds is 5. The van der Waals surface area contributed by atoms with Crippen LogP contribution >= 0.6 is 0 Å². The zero-order valence-corrected chi connectivity index (χ0v) is 18.6. The molecule has 2 aromatic carbocycles. The SMILES string of the molecule is CC1CN(c2ccc(Nc3ncc4cnn(S(=O)(=O)c5ccccc5F)c4n3)cc2)CCN1. The third-order valence-corrected chi connectivity index (χ3v) is 7.09. The number of aromatic nitrogens is 4. The maximum atomic E-state index is 14.2. The molecule has 0 saturated carbocycles. The lowest BCUT2D eigenvalue weighted by Gasteiger charge is -2.33. The van der Waals surface area contributed by atoms with Crippen LogP contribution in [0.15, 0.2) is 65.8 Å². The molecule has 4 aromatic rings. The molecule has 0 bridgehead atoms. The summed E-state index contributed by atoms with van der Waals surface area (Å²) < 4.78 is 40.8. The Hall–Kier alpha value is -3.57. The molecule has 170 valence electrons. The van der Waals surface area contributed by atoms with E-state index in [2.05, 4.69) is 37.5 Å². The minimum Gasteiger partial charge on any atom is -0.369 e. The van der Waals surface area contributed by atoms with Crippen molar-refractivity contribution in [1.29, 1.82) is 0 Å². The Morgan fingerprint density at radius 2 is 1.91 bits per heavy atom. The second-order valence-electron chi connectivity index (χ2n) is 7.87. The van der Waals surface area contributed by atoms with E-state index in [0.717, 1.165) is 41.2 Å². The number of hydrogen-bond acceptors (Lipinski definition) is 8. The quantitative estimate of drug-likeness (QED) is 0.462. The number of fused-ring (bicyclic) bond motifs is 1. The van der Waals surface area contributed by atoms with Gasteiger partial charge in [-0.2, -0.15) is 18.5 Å². The summed E-state index contributed by atoms with van der Waals surface area (Å²) in [5.74, 6) is -0.649. The molecule has 33 heavy (non-hydrogen) atoms. The minimum absolute atomic E-state index is 0.0576. The molecule has 9 nitrogen and oxygen atoms in total. The average Bonchev–Trinajstić information content (AvgIpc) is 3.24. The molecule has 2 aromatic heterocycles. The summed E-state index contributed by atoms with van der Waals surface area (Å²) in [7, 11) is -4.26. The van der Waals surface area contributed by atoms with Crippen molar-refractivity contribution < 1.29 is 12.8 Å². The Morgan fingerprint density at radius 1 is 1.12 bits per heavy atom. The Labute approximate surface area is 190 Å². The van der Waals surface area contributed by atoms with E-state index in [0.29, 0.717) is 11.4 Å². The van der Waals surface area contributed by atoms with Crippen molar-refractivity contribution in [2.75, 3.05) is 29.9 Å². The number of nitrogens with zero attached hydrogens (tertiary/aromatic N) is 5. The van der Waals surface area contributed by atoms with E-state index in [9.17, 15) is 12.8 Å². The van der Waals surface area contributed by atoms with Crippen molar-refractivity contribution in [2.24, 2.45) is 0 Å². The lowest BCUT2D eigenvalue weighted by Crippen LogP contribution is -2.49. The molecular weight excluding hydrogens is 445 g/mol. The van der Waals surface area contributed by atoms with E-state index in [4.69, 9.17) is 0 Å². The van der Waals surface area contributed by atoms with Gasteiger partial charge in [0, 0.05) is 43.2 Å². The molecule has 5 rings (SSSR count). The van der Waals surface area contributed by atoms with Crippen LogP contribution in [0.25, 0.3) is 11.0 Å². The van der Waals surface area contributed by atoms with Gasteiger partial charge in [-0.3, -0.25) is 0 Å². The fourth-order valence-corrected chi connectivity index (χ4v) is 5.13. The monoisotopic (exact) mass is 467 g/mol. The molecule has 1 atom stereocenters. The van der Waals surface area contributed by atoms with Crippen LogP contribution in [0.2, 0.25) is 0 Å². The fourth-order valence-electron chi connectivity index (χ4n) is 3.83. The van der Waals surface area contributed by atoms with Gasteiger partial charge in [-0.1, -0.05) is 12.1 Å². The van der Waals surface area contributed by atoms with Gasteiger partial charge in [0.2, 0.25) is 5.95 Å². The van der Waals surface area contributed by atoms with Crippen molar-refractivity contribution in [3.63, 3.8) is 0 Å². The van der Waals surface area contributed by atoms with Gasteiger partial charge < -0.3 is 15.5 Å². The van der Waals surface area contributed by atoms with Gasteiger partial charge in [0.05, 0.1) is 11.6 Å². The Kier molecular flexibility index (Phi) is 5.43. The number of anilines is 3. The first-order chi connectivity index (χ1) is 15.9. The summed E-state index contributed by atoms with van der Waals surface area (Å²) in [6.45, 7) is 4.98. The second-order valence-corrected chi connectivity index (χ2v) is 9.60. The maximum absolute atomic E-state index is 14.2. The zero-order chi connectivity index (χ0) is 23.0. The van der Waals surface area contributed by atoms with E-state index in [1.165, 1.54) is 30.6 Å². The van der Waals surface area contributed by atoms with Crippen molar-refractivity contribution in [1.82, 2.24) is 24.5 Å². The summed E-state index contributed by atoms with van der Waals surface area (Å²) >= 11 is 0. The van der Waals surface area contributed by atoms with E-state index in [1.807, 2.05) is 24.3 Å². The molecule has 1 saturated heterocycles. The Balaban J connectivity index is 1.42. The first-order valence-electron chi connectivity index (χ1n) is 10.5. The highest BCUT2D eigenvalue weighted by Crippen LogP contribution is 2.24. The lowest BCUT2D eigenvalue weighted by atomic mass is 10.2. The molecule has 0 spiro atoms. The molecule has 0 amide bonds. The third kappa shape index (κ3) is 4.12. The van der Waals surface area contributed by atoms with Crippen LogP contribution in [0, 0.1) is 5.82 Å². The number of hydrogen-bond donors (Lipinski definition) is 2. The number of piperazine rings is 1. The summed E-state index contributed by atoms with van der Waals surface area (Å²) in [6.07, 6.45) is 2.81. The third-order valence-electron chi connectivity index (χ3n) is 5.48. The molecule has 2 N–H and O–H groups in total. The molecule has 0 radical (unpaired) electrons. The molecule has 1 fully saturated rings. The van der Waals surface area contributed by atoms with E-state index in [1.54, 1.807) is 0 Å². The largest absolute Gasteiger partial charge is 0.369 e. The molecular formula is C22H22FN7O2S. The standard InChI is InChI=1S/C22H22FN7O2S/c1-15-14-29(11-10-24-15)18-8-6-17(7-9-18)27-22-25-12-16-13-26-30(21(16)28-22)33(31,32)20-5-3-2-4-19(20)23/h2-9,12-13,15,24H,10-11,14H2,1H3,(H,25,27,28). The van der Waals surface area contributed by atoms with Gasteiger partial charge in [-0.15, -0.1) is 4.09 Å². The summed E-state index contributed by atoms with van der Waals surface area (Å²) in [4.78, 5) is 10.4. The highest BCUT2D eigenvalue weighted by molar-refractivity contribution is 7.90. The molecule has 11 heteroatoms. The summed E-state index contributed by atoms with van der Waals surface area (Å²) in [6, 6.07) is 13.5. The maximum Gasteiger partial charge on any atom is 0.287 e. The predicted octanol–water partition coefficient (Wildman–Crippen LogP) is 2.74. The zero-order valence-electron chi connectivity index (χ0n) is 17.8. The van der Waals surface area contributed by atoms with Gasteiger partial charge in [0.15, 0.2) is 5.65 Å². The topological polar surface area (TPSA) is 105 Å². The lowest BCUT2D eigenvalue weighted by molar-refractivity contribution is 0.485. The van der Waals surface area contributed by atoms with Crippen molar-refractivity contribution in [3.05, 3.63) is 66.7 Å². The van der Waals surface area contributed by atoms with E-state index < -0.39 is 20.7 Å². The van der Waals surface area contributed by atoms with Crippen molar-refractivity contribution in [2.45, 2.75) is 17.9 Å². The van der Waals surface area contributed by atoms with E-state index in [-0.39, 0.29) is 11.6 Å². The first kappa shape index (κ1) is 21.3. The summed E-state index contributed by atoms with van der Waals surface area (Å²) in [5, 5.41) is 10.9. The Morgan fingerprint density at radius 3 is 2.67 bits per heavy atom. The highest BCUT2D eigenvalue weighted by Gasteiger charge is 2.25. The van der Waals surface area contributed by atoms with Gasteiger partial charge in [0.25, 0.3) is 10.0 Å². The van der Waals surface area contributed by atoms with Gasteiger partial charge in [0.1, 0.15) is 10.7 Å². The fraction of sp³-hybridized carbons (Fsp3) is 0.227. The van der Waals surface area contributed by atoms with Crippen LogP contribution < -0.4 is 15.5 Å². The van der Waals surface area contributed by atoms with Crippen LogP contribution in [0.5, 0.6) is 0 Å². The number of nitrogens with one attached hydrogen (secondary N) is 2. The molecule has 0 aliphatic carbocycles. The van der Waals surface area contributed by atoms with Crippen LogP contribution in [0.1, 0.15) is 6.92 Å². The normalized spacial score (nSPS) is 16.8. The number of benzene rings is 2. The van der Waals surface area contributed by atoms with Crippen LogP contribution in [0.4, 0.5) is 21.7 Å². The van der Waals surface area contributed by atoms with Gasteiger partial charge >= 0.3 is 0 Å². The number of halogens is 1. The molecule has 1 aliphatic heterocycles. The molecule has 1 aliphatic rings. The van der Waals surface area contributed by atoms with Gasteiger partial charge in [-0.25, -0.2) is 9.37 Å². The predicted molar refractivity (Wildman–Crippen MR) is 124 cm³/mol. The van der Waals surface area contributed by atoms with Crippen LogP contribution in [0.3, 0.4) is 0 Å². The van der Waals surface area contributed by atoms with Crippen LogP contribution in [-0.2, 0) is 10.0 Å². The van der Waals surface area contributed by atoms with Crippen molar-refractivity contribution in [3.8, 4) is 0 Å². The van der Waals surface area contributed by atoms with Crippen molar-refractivity contribution >= 4 is 38.4 Å². The second kappa shape index (κ2) is 8.41. The smallest absolute Gasteiger partial charge is 0.287 e. The van der Waals surface area contributed by atoms with E-state index >= 15 is 0 Å². The van der Waals surface area contributed by atoms with Crippen LogP contribution in [-0.4, -0.2) is 53.2 Å².